The summed E-state index contributed by atoms with van der Waals surface area (Å²) in [6.45, 7) is 4.14. The molecule has 3 saturated carbocycles. The zero-order chi connectivity index (χ0) is 22.0. The highest BCUT2D eigenvalue weighted by atomic mass is 32.2. The first kappa shape index (κ1) is 21.2. The van der Waals surface area contributed by atoms with Gasteiger partial charge in [0.2, 0.25) is 0 Å². The summed E-state index contributed by atoms with van der Waals surface area (Å²) in [6.07, 6.45) is 11.4. The van der Waals surface area contributed by atoms with Crippen LogP contribution >= 0.6 is 11.8 Å². The number of imidazole rings is 1. The highest BCUT2D eigenvalue weighted by Crippen LogP contribution is 2.67. The third kappa shape index (κ3) is 2.96. The predicted octanol–water partition coefficient (Wildman–Crippen LogP) is 3.08. The minimum absolute atomic E-state index is 0.00451. The number of Topliss-reactive ketones (excluding diaryl/α,β-unsaturated/α-hetero) is 1. The number of aromatic amines is 1. The van der Waals surface area contributed by atoms with Crippen LogP contribution in [0.2, 0.25) is 0 Å². The number of hydrogen-bond donors (Lipinski definition) is 3. The van der Waals surface area contributed by atoms with Crippen molar-refractivity contribution in [2.45, 2.75) is 62.8 Å². The molecule has 4 aliphatic rings. The minimum atomic E-state index is -1.43. The number of fused-ring (bicyclic) bond motifs is 5. The van der Waals surface area contributed by atoms with Crippen LogP contribution in [0.25, 0.3) is 0 Å². The van der Waals surface area contributed by atoms with Crippen molar-refractivity contribution >= 4 is 23.3 Å². The van der Waals surface area contributed by atoms with E-state index in [1.165, 1.54) is 11.8 Å². The normalized spacial score (nSPS) is 43.7. The molecule has 31 heavy (non-hydrogen) atoms. The molecule has 0 amide bonds. The summed E-state index contributed by atoms with van der Waals surface area (Å²) in [5.74, 6) is 0.406. The summed E-state index contributed by atoms with van der Waals surface area (Å²) in [5, 5.41) is 23.8. The van der Waals surface area contributed by atoms with Crippen LogP contribution < -0.4 is 0 Å². The Morgan fingerprint density at radius 1 is 1.35 bits per heavy atom. The van der Waals surface area contributed by atoms with Gasteiger partial charge >= 0.3 is 0 Å². The Hall–Kier alpha value is -1.70. The van der Waals surface area contributed by atoms with E-state index in [1.807, 2.05) is 13.0 Å². The second-order valence-corrected chi connectivity index (χ2v) is 11.2. The number of carbonyl (C=O) groups is 2. The average molecular weight is 443 g/mol. The predicted molar refractivity (Wildman–Crippen MR) is 117 cm³/mol. The maximum absolute atomic E-state index is 13.3. The molecule has 0 aromatic carbocycles. The van der Waals surface area contributed by atoms with Gasteiger partial charge in [0.1, 0.15) is 5.60 Å². The summed E-state index contributed by atoms with van der Waals surface area (Å²) in [4.78, 5) is 32.3. The Kier molecular flexibility index (Phi) is 4.88. The minimum Gasteiger partial charge on any atom is -0.393 e. The van der Waals surface area contributed by atoms with Gasteiger partial charge in [-0.25, -0.2) is 4.98 Å². The van der Waals surface area contributed by atoms with Gasteiger partial charge in [-0.05, 0) is 56.1 Å². The quantitative estimate of drug-likeness (QED) is 0.619. The molecule has 7 heteroatoms. The zero-order valence-corrected chi connectivity index (χ0v) is 18.8. The molecule has 5 rings (SSSR count). The van der Waals surface area contributed by atoms with E-state index in [9.17, 15) is 19.8 Å². The van der Waals surface area contributed by atoms with Crippen LogP contribution in [-0.4, -0.2) is 49.2 Å². The Labute approximate surface area is 186 Å². The van der Waals surface area contributed by atoms with Gasteiger partial charge in [0, 0.05) is 29.1 Å². The van der Waals surface area contributed by atoms with Crippen LogP contribution in [0.5, 0.6) is 0 Å². The van der Waals surface area contributed by atoms with E-state index < -0.39 is 17.1 Å². The molecule has 1 aromatic heterocycles. The summed E-state index contributed by atoms with van der Waals surface area (Å²) >= 11 is 1.31. The number of aliphatic hydroxyl groups excluding tert-OH is 1. The Bertz CT molecular complexity index is 972. The van der Waals surface area contributed by atoms with Crippen LogP contribution in [0.15, 0.2) is 41.4 Å². The number of rotatable bonds is 4. The Balaban J connectivity index is 1.43. The molecule has 0 saturated heterocycles. The fourth-order valence-electron chi connectivity index (χ4n) is 7.37. The Morgan fingerprint density at radius 3 is 2.90 bits per heavy atom. The Morgan fingerprint density at radius 2 is 2.16 bits per heavy atom. The molecule has 1 aromatic rings. The van der Waals surface area contributed by atoms with Gasteiger partial charge in [0.15, 0.2) is 16.7 Å². The number of H-pyrrole nitrogens is 1. The summed E-state index contributed by atoms with van der Waals surface area (Å²) in [5.41, 5.74) is -1.31. The summed E-state index contributed by atoms with van der Waals surface area (Å²) in [6, 6.07) is 0. The second kappa shape index (κ2) is 7.15. The molecule has 6 nitrogen and oxygen atoms in total. The second-order valence-electron chi connectivity index (χ2n) is 10.2. The molecule has 0 aliphatic heterocycles. The van der Waals surface area contributed by atoms with Crippen LogP contribution in [-0.2, 0) is 9.59 Å². The van der Waals surface area contributed by atoms with Crippen LogP contribution in [0.4, 0.5) is 0 Å². The van der Waals surface area contributed by atoms with Crippen molar-refractivity contribution in [3.05, 3.63) is 36.2 Å². The van der Waals surface area contributed by atoms with Gasteiger partial charge in [-0.2, -0.15) is 0 Å². The van der Waals surface area contributed by atoms with Gasteiger partial charge < -0.3 is 15.2 Å². The fourth-order valence-corrected chi connectivity index (χ4v) is 8.16. The lowest BCUT2D eigenvalue weighted by Gasteiger charge is -2.59. The maximum atomic E-state index is 13.3. The van der Waals surface area contributed by atoms with E-state index in [0.29, 0.717) is 18.0 Å². The van der Waals surface area contributed by atoms with Gasteiger partial charge in [0.05, 0.1) is 11.9 Å². The number of hydrogen-bond acceptors (Lipinski definition) is 6. The van der Waals surface area contributed by atoms with Crippen LogP contribution in [0, 0.1) is 28.6 Å². The molecule has 0 bridgehead atoms. The van der Waals surface area contributed by atoms with Crippen molar-refractivity contribution < 1.29 is 19.8 Å². The van der Waals surface area contributed by atoms with Gasteiger partial charge in [-0.3, -0.25) is 9.59 Å². The number of thioether (sulfide) groups is 1. The van der Waals surface area contributed by atoms with Crippen molar-refractivity contribution in [2.75, 3.05) is 5.75 Å². The third-order valence-electron chi connectivity index (χ3n) is 8.92. The average Bonchev–Trinajstić information content (AvgIpc) is 3.33. The van der Waals surface area contributed by atoms with Crippen molar-refractivity contribution in [3.63, 3.8) is 0 Å². The van der Waals surface area contributed by atoms with Crippen LogP contribution in [0.3, 0.4) is 0 Å². The molecular weight excluding hydrogens is 412 g/mol. The first-order chi connectivity index (χ1) is 14.7. The van der Waals surface area contributed by atoms with Gasteiger partial charge in [0.25, 0.3) is 0 Å². The van der Waals surface area contributed by atoms with E-state index >= 15 is 0 Å². The number of ketones is 2. The van der Waals surface area contributed by atoms with Crippen molar-refractivity contribution in [1.29, 1.82) is 0 Å². The highest BCUT2D eigenvalue weighted by molar-refractivity contribution is 7.99. The lowest BCUT2D eigenvalue weighted by atomic mass is 9.46. The smallest absolute Gasteiger partial charge is 0.178 e. The summed E-state index contributed by atoms with van der Waals surface area (Å²) in [7, 11) is 0. The molecule has 0 spiro atoms. The van der Waals surface area contributed by atoms with E-state index in [2.05, 4.69) is 16.9 Å². The third-order valence-corrected chi connectivity index (χ3v) is 9.83. The van der Waals surface area contributed by atoms with Crippen molar-refractivity contribution in [2.24, 2.45) is 28.6 Å². The zero-order valence-electron chi connectivity index (χ0n) is 18.0. The van der Waals surface area contributed by atoms with Crippen molar-refractivity contribution in [3.8, 4) is 0 Å². The van der Waals surface area contributed by atoms with E-state index in [0.717, 1.165) is 24.8 Å². The number of nitrogens with one attached hydrogen (secondary N) is 1. The standard InChI is InChI=1S/C24H30N2O4S/c1-22-7-5-15(27)11-14(22)3-4-16-17-6-8-24(30,23(17,2)12-18(28)20(16)22)19(29)13-31-21-25-9-10-26-21/h5,7,9-11,16-18,20,28,30H,3-4,6,8,12-13H2,1-2H3,(H,25,26)/t16?,17?,18-,20?,22?,23?,24-/m0/s1. The molecule has 1 heterocycles. The molecule has 7 atom stereocenters. The summed E-state index contributed by atoms with van der Waals surface area (Å²) < 4.78 is 0. The lowest BCUT2D eigenvalue weighted by Crippen LogP contribution is -2.61. The molecule has 3 N–H and O–H groups in total. The molecule has 5 unspecified atom stereocenters. The molecule has 4 aliphatic carbocycles. The van der Waals surface area contributed by atoms with E-state index in [1.54, 1.807) is 24.5 Å². The van der Waals surface area contributed by atoms with Crippen molar-refractivity contribution in [1.82, 2.24) is 9.97 Å². The van der Waals surface area contributed by atoms with Gasteiger partial charge in [-0.15, -0.1) is 0 Å². The number of carbonyl (C=O) groups excluding carboxylic acids is 2. The molecule has 3 fully saturated rings. The molecule has 0 radical (unpaired) electrons. The largest absolute Gasteiger partial charge is 0.393 e. The lowest BCUT2D eigenvalue weighted by molar-refractivity contribution is -0.174. The molecule has 166 valence electrons. The first-order valence-corrected chi connectivity index (χ1v) is 12.2. The maximum Gasteiger partial charge on any atom is 0.178 e. The number of nitrogens with zero attached hydrogens (tertiary/aromatic N) is 1. The first-order valence-electron chi connectivity index (χ1n) is 11.2. The molecular formula is C24H30N2O4S. The SMILES string of the molecule is CC12C=CC(=O)C=C1CCC1C2[C@@H](O)CC2(C)C1CC[C@]2(O)C(=O)CSc1ncc[nH]1. The highest BCUT2D eigenvalue weighted by Gasteiger charge is 2.67. The van der Waals surface area contributed by atoms with Crippen LogP contribution in [0.1, 0.15) is 46.0 Å². The van der Waals surface area contributed by atoms with Gasteiger partial charge in [-0.1, -0.05) is 37.3 Å². The number of aromatic nitrogens is 2. The topological polar surface area (TPSA) is 103 Å². The van der Waals surface area contributed by atoms with E-state index in [4.69, 9.17) is 0 Å². The fraction of sp³-hybridized carbons (Fsp3) is 0.625. The number of aliphatic hydroxyl groups is 2. The van der Waals surface area contributed by atoms with E-state index in [-0.39, 0.29) is 40.5 Å². The number of allylic oxidation sites excluding steroid dienone is 4. The monoisotopic (exact) mass is 442 g/mol.